The zero-order valence-electron chi connectivity index (χ0n) is 10.5. The number of halogens is 1. The van der Waals surface area contributed by atoms with Crippen molar-refractivity contribution in [3.8, 4) is 0 Å². The van der Waals surface area contributed by atoms with Gasteiger partial charge in [-0.1, -0.05) is 19.1 Å². The van der Waals surface area contributed by atoms with E-state index in [1.54, 1.807) is 6.20 Å². The highest BCUT2D eigenvalue weighted by atomic mass is 79.9. The van der Waals surface area contributed by atoms with E-state index >= 15 is 0 Å². The first-order chi connectivity index (χ1) is 8.52. The molecule has 4 heteroatoms. The van der Waals surface area contributed by atoms with Crippen molar-refractivity contribution in [1.82, 2.24) is 4.68 Å². The van der Waals surface area contributed by atoms with Crippen molar-refractivity contribution < 1.29 is 0 Å². The molecule has 0 unspecified atom stereocenters. The van der Waals surface area contributed by atoms with E-state index in [-0.39, 0.29) is 0 Å². The maximum Gasteiger partial charge on any atom is 0.0884 e. The van der Waals surface area contributed by atoms with Crippen molar-refractivity contribution in [2.75, 3.05) is 5.84 Å². The smallest absolute Gasteiger partial charge is 0.0884 e. The van der Waals surface area contributed by atoms with E-state index in [0.29, 0.717) is 11.4 Å². The quantitative estimate of drug-likeness (QED) is 0.664. The first kappa shape index (κ1) is 12.9. The Morgan fingerprint density at radius 3 is 2.61 bits per heavy atom. The number of rotatable bonds is 3. The molecule has 3 nitrogen and oxygen atoms in total. The van der Waals surface area contributed by atoms with Gasteiger partial charge in [-0.25, -0.2) is 0 Å². The van der Waals surface area contributed by atoms with Crippen LogP contribution in [-0.4, -0.2) is 10.4 Å². The van der Waals surface area contributed by atoms with Crippen molar-refractivity contribution in [3.05, 3.63) is 57.3 Å². The molecule has 1 aromatic heterocycles. The van der Waals surface area contributed by atoms with Crippen LogP contribution in [0.1, 0.15) is 29.3 Å². The average molecular weight is 306 g/mol. The first-order valence-electron chi connectivity index (χ1n) is 5.84. The first-order valence-corrected chi connectivity index (χ1v) is 6.64. The lowest BCUT2D eigenvalue weighted by Gasteiger charge is -2.09. The third kappa shape index (κ3) is 2.34. The number of nitrogens with two attached hydrogens (primary N) is 1. The molecule has 2 rings (SSSR count). The van der Waals surface area contributed by atoms with Gasteiger partial charge in [-0.3, -0.25) is 10.1 Å². The lowest BCUT2D eigenvalue weighted by Crippen LogP contribution is -2.16. The molecule has 0 radical (unpaired) electrons. The van der Waals surface area contributed by atoms with E-state index in [4.69, 9.17) is 11.3 Å². The number of nitrogen functional groups attached to an aromatic ring is 1. The zero-order valence-corrected chi connectivity index (χ0v) is 12.1. The molecule has 0 bridgehead atoms. The van der Waals surface area contributed by atoms with Gasteiger partial charge >= 0.3 is 0 Å². The second kappa shape index (κ2) is 4.98. The Morgan fingerprint density at radius 1 is 1.39 bits per heavy atom. The van der Waals surface area contributed by atoms with Gasteiger partial charge in [0.15, 0.2) is 0 Å². The van der Waals surface area contributed by atoms with Gasteiger partial charge in [0, 0.05) is 16.2 Å². The summed E-state index contributed by atoms with van der Waals surface area (Å²) in [6.07, 6.45) is 2.76. The average Bonchev–Trinajstić information content (AvgIpc) is 2.67. The van der Waals surface area contributed by atoms with Crippen molar-refractivity contribution in [1.29, 1.82) is 5.41 Å². The van der Waals surface area contributed by atoms with E-state index in [9.17, 15) is 0 Å². The molecule has 0 aliphatic carbocycles. The summed E-state index contributed by atoms with van der Waals surface area (Å²) in [7, 11) is 0. The van der Waals surface area contributed by atoms with Gasteiger partial charge in [0.2, 0.25) is 0 Å². The number of hydrogen-bond acceptors (Lipinski definition) is 2. The monoisotopic (exact) mass is 305 g/mol. The maximum atomic E-state index is 8.23. The summed E-state index contributed by atoms with van der Waals surface area (Å²) >= 11 is 3.36. The van der Waals surface area contributed by atoms with E-state index < -0.39 is 0 Å². The molecule has 0 aliphatic heterocycles. The van der Waals surface area contributed by atoms with Crippen LogP contribution in [0.25, 0.3) is 0 Å². The van der Waals surface area contributed by atoms with Gasteiger partial charge in [0.1, 0.15) is 0 Å². The minimum atomic E-state index is 0.439. The molecule has 0 amide bonds. The summed E-state index contributed by atoms with van der Waals surface area (Å²) in [5.74, 6) is 5.82. The molecule has 94 valence electrons. The highest BCUT2D eigenvalue weighted by Crippen LogP contribution is 2.18. The fraction of sp³-hybridized carbons (Fsp3) is 0.214. The molecule has 1 aromatic carbocycles. The van der Waals surface area contributed by atoms with Crippen molar-refractivity contribution >= 4 is 21.6 Å². The Hall–Kier alpha value is -1.55. The van der Waals surface area contributed by atoms with Crippen molar-refractivity contribution in [2.24, 2.45) is 0 Å². The van der Waals surface area contributed by atoms with Gasteiger partial charge in [0.25, 0.3) is 0 Å². The number of nitrogens with one attached hydrogen (secondary N) is 1. The predicted molar refractivity (Wildman–Crippen MR) is 78.8 cm³/mol. The minimum Gasteiger partial charge on any atom is -0.339 e. The molecule has 1 heterocycles. The zero-order chi connectivity index (χ0) is 13.3. The third-order valence-electron chi connectivity index (χ3n) is 3.08. The van der Waals surface area contributed by atoms with Gasteiger partial charge in [-0.2, -0.15) is 0 Å². The van der Waals surface area contributed by atoms with Gasteiger partial charge in [-0.15, -0.1) is 0 Å². The fourth-order valence-electron chi connectivity index (χ4n) is 2.04. The maximum absolute atomic E-state index is 8.23. The normalized spacial score (nSPS) is 10.6. The Morgan fingerprint density at radius 2 is 2.11 bits per heavy atom. The highest BCUT2D eigenvalue weighted by molar-refractivity contribution is 9.10. The van der Waals surface area contributed by atoms with Crippen LogP contribution in [0.5, 0.6) is 0 Å². The van der Waals surface area contributed by atoms with Crippen molar-refractivity contribution in [2.45, 2.75) is 20.3 Å². The molecular weight excluding hydrogens is 290 g/mol. The predicted octanol–water partition coefficient (Wildman–Crippen LogP) is 3.25. The van der Waals surface area contributed by atoms with Crippen LogP contribution in [0.2, 0.25) is 0 Å². The van der Waals surface area contributed by atoms with Crippen LogP contribution in [0.4, 0.5) is 0 Å². The van der Waals surface area contributed by atoms with E-state index in [2.05, 4.69) is 35.8 Å². The fourth-order valence-corrected chi connectivity index (χ4v) is 2.48. The summed E-state index contributed by atoms with van der Waals surface area (Å²) in [4.78, 5) is 0. The standard InChI is InChI=1S/C14H16BrN3/c1-3-10-4-5-11(6-9(10)2)14(16)13-7-12(15)8-18(13)17/h4-8,16H,3,17H2,1-2H3. The molecule has 0 atom stereocenters. The summed E-state index contributed by atoms with van der Waals surface area (Å²) in [5.41, 5.74) is 4.56. The SMILES string of the molecule is CCc1ccc(C(=N)c2cc(Br)cn2N)cc1C. The molecule has 0 saturated carbocycles. The topological polar surface area (TPSA) is 54.8 Å². The van der Waals surface area contributed by atoms with Gasteiger partial charge in [0.05, 0.1) is 11.4 Å². The lowest BCUT2D eigenvalue weighted by molar-refractivity contribution is 0.998. The van der Waals surface area contributed by atoms with Crippen LogP contribution in [0, 0.1) is 12.3 Å². The molecule has 18 heavy (non-hydrogen) atoms. The Bertz CT molecular complexity index is 599. The van der Waals surface area contributed by atoms with Gasteiger partial charge in [-0.05, 0) is 52.5 Å². The summed E-state index contributed by atoms with van der Waals surface area (Å²) in [5, 5.41) is 8.23. The number of aryl methyl sites for hydroxylation is 2. The third-order valence-corrected chi connectivity index (χ3v) is 3.52. The van der Waals surface area contributed by atoms with Crippen molar-refractivity contribution in [3.63, 3.8) is 0 Å². The lowest BCUT2D eigenvalue weighted by atomic mass is 9.99. The second-order valence-corrected chi connectivity index (χ2v) is 5.24. The molecule has 0 spiro atoms. The summed E-state index contributed by atoms with van der Waals surface area (Å²) < 4.78 is 2.35. The van der Waals surface area contributed by atoms with Gasteiger partial charge < -0.3 is 5.84 Å². The Labute approximate surface area is 115 Å². The molecule has 0 fully saturated rings. The minimum absolute atomic E-state index is 0.439. The summed E-state index contributed by atoms with van der Waals surface area (Å²) in [6, 6.07) is 7.96. The number of benzene rings is 1. The van der Waals surface area contributed by atoms with Crippen LogP contribution in [0.3, 0.4) is 0 Å². The molecular formula is C14H16BrN3. The van der Waals surface area contributed by atoms with E-state index in [1.165, 1.54) is 15.8 Å². The number of nitrogens with zero attached hydrogens (tertiary/aromatic N) is 1. The van der Waals surface area contributed by atoms with Crippen LogP contribution >= 0.6 is 15.9 Å². The highest BCUT2D eigenvalue weighted by Gasteiger charge is 2.11. The second-order valence-electron chi connectivity index (χ2n) is 4.32. The number of hydrogen-bond donors (Lipinski definition) is 2. The Kier molecular flexibility index (Phi) is 3.57. The molecule has 0 aliphatic rings. The summed E-state index contributed by atoms with van der Waals surface area (Å²) in [6.45, 7) is 4.21. The van der Waals surface area contributed by atoms with E-state index in [1.807, 2.05) is 18.2 Å². The van der Waals surface area contributed by atoms with E-state index in [0.717, 1.165) is 16.5 Å². The molecule has 0 saturated heterocycles. The largest absolute Gasteiger partial charge is 0.339 e. The van der Waals surface area contributed by atoms with Crippen LogP contribution in [0.15, 0.2) is 34.9 Å². The molecule has 2 aromatic rings. The van der Waals surface area contributed by atoms with Crippen LogP contribution in [-0.2, 0) is 6.42 Å². The number of aromatic nitrogens is 1. The molecule has 3 N–H and O–H groups in total. The van der Waals surface area contributed by atoms with Crippen LogP contribution < -0.4 is 5.84 Å². The Balaban J connectivity index is 2.40.